The molecule has 0 spiro atoms. The maximum absolute atomic E-state index is 4.76. The van der Waals surface area contributed by atoms with Crippen LogP contribution >= 0.6 is 0 Å². The molecule has 0 amide bonds. The molecule has 0 N–H and O–H groups in total. The third kappa shape index (κ3) is 5.57. The van der Waals surface area contributed by atoms with Crippen LogP contribution in [0, 0.1) is 27.7 Å². The van der Waals surface area contributed by atoms with Crippen molar-refractivity contribution in [2.24, 2.45) is 0 Å². The van der Waals surface area contributed by atoms with Crippen molar-refractivity contribution in [1.82, 2.24) is 0 Å². The van der Waals surface area contributed by atoms with Crippen LogP contribution in [-0.4, -0.2) is 0 Å². The van der Waals surface area contributed by atoms with Crippen LogP contribution in [0.25, 0.3) is 0 Å². The highest BCUT2D eigenvalue weighted by Crippen LogP contribution is 2.55. The zero-order valence-corrected chi connectivity index (χ0v) is 29.3. The van der Waals surface area contributed by atoms with Gasteiger partial charge in [-0.15, -0.1) is 0 Å². The second-order valence-corrected chi connectivity index (χ2v) is 13.8. The Labute approximate surface area is 297 Å². The molecule has 2 aliphatic carbocycles. The molecule has 50 heavy (non-hydrogen) atoms. The number of hydrogen-bond acceptors (Lipinski definition) is 2. The molecule has 2 bridgehead atoms. The number of benzene rings is 6. The van der Waals surface area contributed by atoms with E-state index in [4.69, 9.17) is 6.58 Å². The topological polar surface area (TPSA) is 6.48 Å². The third-order valence-electron chi connectivity index (χ3n) is 10.2. The minimum absolute atomic E-state index is 0.0109. The van der Waals surface area contributed by atoms with E-state index >= 15 is 0 Å². The number of hydrogen-bond donors (Lipinski definition) is 0. The largest absolute Gasteiger partial charge is 0.313 e. The van der Waals surface area contributed by atoms with Crippen LogP contribution in [0.4, 0.5) is 28.4 Å². The van der Waals surface area contributed by atoms with E-state index in [1.165, 1.54) is 55.9 Å². The average Bonchev–Trinajstić information content (AvgIpc) is 3.23. The lowest BCUT2D eigenvalue weighted by Gasteiger charge is -2.41. The first-order chi connectivity index (χ1) is 24.4. The normalized spacial score (nSPS) is 17.8. The third-order valence-corrected chi connectivity index (χ3v) is 10.2. The summed E-state index contributed by atoms with van der Waals surface area (Å²) in [6.45, 7) is 13.4. The van der Waals surface area contributed by atoms with Crippen LogP contribution in [-0.2, 0) is 0 Å². The van der Waals surface area contributed by atoms with Gasteiger partial charge >= 0.3 is 0 Å². The highest BCUT2D eigenvalue weighted by molar-refractivity contribution is 5.83. The lowest BCUT2D eigenvalue weighted by Crippen LogP contribution is -2.28. The number of fused-ring (bicyclic) bond motifs is 3. The van der Waals surface area contributed by atoms with Crippen molar-refractivity contribution >= 4 is 28.4 Å². The van der Waals surface area contributed by atoms with Gasteiger partial charge in [0, 0.05) is 34.4 Å². The summed E-state index contributed by atoms with van der Waals surface area (Å²) < 4.78 is 0. The first-order valence-corrected chi connectivity index (χ1v) is 17.5. The van der Waals surface area contributed by atoms with Crippen LogP contribution in [0.1, 0.15) is 56.3 Å². The van der Waals surface area contributed by atoms with Gasteiger partial charge in [0.1, 0.15) is 0 Å². The molecule has 6 aromatic carbocycles. The van der Waals surface area contributed by atoms with Crippen molar-refractivity contribution in [3.63, 3.8) is 0 Å². The van der Waals surface area contributed by atoms with E-state index in [2.05, 4.69) is 195 Å². The molecule has 2 atom stereocenters. The van der Waals surface area contributed by atoms with Crippen LogP contribution < -0.4 is 9.80 Å². The molecular weight excluding hydrogens is 605 g/mol. The Morgan fingerprint density at radius 2 is 0.860 bits per heavy atom. The lowest BCUT2D eigenvalue weighted by atomic mass is 9.68. The summed E-state index contributed by atoms with van der Waals surface area (Å²) >= 11 is 0. The van der Waals surface area contributed by atoms with E-state index in [9.17, 15) is 0 Å². The summed E-state index contributed by atoms with van der Waals surface area (Å²) in [5, 5.41) is 0. The molecule has 0 aromatic heterocycles. The molecule has 2 heteroatoms. The minimum Gasteiger partial charge on any atom is -0.313 e. The van der Waals surface area contributed by atoms with Crippen molar-refractivity contribution in [1.29, 1.82) is 0 Å². The van der Waals surface area contributed by atoms with Crippen LogP contribution in [0.2, 0.25) is 0 Å². The Kier molecular flexibility index (Phi) is 8.09. The van der Waals surface area contributed by atoms with Gasteiger partial charge in [0.2, 0.25) is 0 Å². The van der Waals surface area contributed by atoms with Crippen LogP contribution in [0.5, 0.6) is 0 Å². The summed E-state index contributed by atoms with van der Waals surface area (Å²) in [7, 11) is 0. The number of aryl methyl sites for hydroxylation is 4. The Balaban J connectivity index is 1.43. The zero-order valence-electron chi connectivity index (χ0n) is 29.3. The zero-order chi connectivity index (χ0) is 34.4. The van der Waals surface area contributed by atoms with Crippen LogP contribution in [0.3, 0.4) is 0 Å². The molecule has 2 unspecified atom stereocenters. The second-order valence-electron chi connectivity index (χ2n) is 13.8. The van der Waals surface area contributed by atoms with E-state index in [-0.39, 0.29) is 11.8 Å². The molecular formula is C48H42N2. The Morgan fingerprint density at radius 1 is 0.440 bits per heavy atom. The molecule has 244 valence electrons. The smallest absolute Gasteiger partial charge is 0.0506 e. The lowest BCUT2D eigenvalue weighted by molar-refractivity contribution is 0.799. The van der Waals surface area contributed by atoms with E-state index in [0.717, 1.165) is 28.3 Å². The molecule has 6 aromatic rings. The molecule has 0 fully saturated rings. The predicted octanol–water partition coefficient (Wildman–Crippen LogP) is 12.8. The second kappa shape index (κ2) is 12.9. The van der Waals surface area contributed by atoms with E-state index < -0.39 is 0 Å². The number of allylic oxidation sites excluding steroid dienone is 5. The Hall–Kier alpha value is -5.86. The SMILES string of the molecule is C=C1/C=C\C=C(\N(c2ccc(C)cc2)c2ccc(C)cc2)C2c3ccccc3C1c1c2cccc1N(c1ccc(C)cc1)c1ccc(C)cc1. The summed E-state index contributed by atoms with van der Waals surface area (Å²) in [6.07, 6.45) is 6.75. The molecule has 0 saturated carbocycles. The summed E-state index contributed by atoms with van der Waals surface area (Å²) in [6, 6.07) is 51.5. The van der Waals surface area contributed by atoms with Gasteiger partial charge in [0.15, 0.2) is 0 Å². The van der Waals surface area contributed by atoms with Crippen molar-refractivity contribution in [3.05, 3.63) is 220 Å². The molecule has 0 saturated heterocycles. The monoisotopic (exact) mass is 646 g/mol. The standard InChI is InChI=1S/C48H42N2/c1-32-16-24-37(25-17-32)49(38-26-18-33(2)19-27-38)44-14-8-10-36(5)46-41-11-6-7-12-42(41)47(44)43-13-9-15-45(48(43)46)50(39-28-20-34(3)21-29-39)40-30-22-35(4)23-31-40/h6-31,46-47H,5H2,1-4H3/b10-8-,44-14+. The fourth-order valence-electron chi connectivity index (χ4n) is 7.71. The Morgan fingerprint density at radius 3 is 1.34 bits per heavy atom. The number of anilines is 5. The Bertz CT molecular complexity index is 2160. The molecule has 0 aliphatic heterocycles. The van der Waals surface area contributed by atoms with Gasteiger partial charge in [0.05, 0.1) is 11.6 Å². The first kappa shape index (κ1) is 31.4. The van der Waals surface area contributed by atoms with Crippen molar-refractivity contribution in [2.45, 2.75) is 39.5 Å². The highest BCUT2D eigenvalue weighted by atomic mass is 15.2. The fraction of sp³-hybridized carbons (Fsp3) is 0.125. The summed E-state index contributed by atoms with van der Waals surface area (Å²) in [5.41, 5.74) is 18.2. The molecule has 0 heterocycles. The van der Waals surface area contributed by atoms with Gasteiger partial charge in [-0.3, -0.25) is 0 Å². The number of nitrogens with zero attached hydrogens (tertiary/aromatic N) is 2. The van der Waals surface area contributed by atoms with Crippen molar-refractivity contribution in [3.8, 4) is 0 Å². The van der Waals surface area contributed by atoms with E-state index in [1.807, 2.05) is 0 Å². The van der Waals surface area contributed by atoms with Crippen molar-refractivity contribution < 1.29 is 0 Å². The predicted molar refractivity (Wildman–Crippen MR) is 212 cm³/mol. The molecule has 2 aliphatic rings. The fourth-order valence-corrected chi connectivity index (χ4v) is 7.71. The number of rotatable bonds is 6. The average molecular weight is 647 g/mol. The van der Waals surface area contributed by atoms with Gasteiger partial charge in [-0.05, 0) is 116 Å². The minimum atomic E-state index is -0.0339. The van der Waals surface area contributed by atoms with Gasteiger partial charge < -0.3 is 9.80 Å². The molecule has 2 nitrogen and oxygen atoms in total. The highest BCUT2D eigenvalue weighted by Gasteiger charge is 2.40. The van der Waals surface area contributed by atoms with Gasteiger partial charge in [-0.25, -0.2) is 0 Å². The quantitative estimate of drug-likeness (QED) is 0.178. The van der Waals surface area contributed by atoms with Gasteiger partial charge in [-0.2, -0.15) is 0 Å². The maximum Gasteiger partial charge on any atom is 0.0506 e. The molecule has 0 radical (unpaired) electrons. The van der Waals surface area contributed by atoms with E-state index in [0.29, 0.717) is 0 Å². The molecule has 8 rings (SSSR count). The van der Waals surface area contributed by atoms with E-state index in [1.54, 1.807) is 0 Å². The van der Waals surface area contributed by atoms with Crippen molar-refractivity contribution in [2.75, 3.05) is 9.80 Å². The van der Waals surface area contributed by atoms with Gasteiger partial charge in [0.25, 0.3) is 0 Å². The first-order valence-electron chi connectivity index (χ1n) is 17.5. The summed E-state index contributed by atoms with van der Waals surface area (Å²) in [5.74, 6) is -0.0447. The summed E-state index contributed by atoms with van der Waals surface area (Å²) in [4.78, 5) is 4.89. The maximum atomic E-state index is 4.76. The van der Waals surface area contributed by atoms with Crippen LogP contribution in [0.15, 0.2) is 176 Å². The van der Waals surface area contributed by atoms with Gasteiger partial charge in [-0.1, -0.05) is 126 Å².